The number of carbonyl (C=O) groups excluding carboxylic acids is 1. The van der Waals surface area contributed by atoms with E-state index in [4.69, 9.17) is 27.9 Å². The summed E-state index contributed by atoms with van der Waals surface area (Å²) in [6.45, 7) is 0.509. The lowest BCUT2D eigenvalue weighted by molar-refractivity contribution is 0.0951. The highest BCUT2D eigenvalue weighted by Crippen LogP contribution is 2.33. The number of hydrogen-bond acceptors (Lipinski definition) is 2. The van der Waals surface area contributed by atoms with Gasteiger partial charge in [-0.25, -0.2) is 0 Å². The van der Waals surface area contributed by atoms with E-state index in [2.05, 4.69) is 5.32 Å². The van der Waals surface area contributed by atoms with Crippen LogP contribution in [0.25, 0.3) is 0 Å². The van der Waals surface area contributed by atoms with Crippen molar-refractivity contribution in [2.75, 3.05) is 13.7 Å². The quantitative estimate of drug-likeness (QED) is 0.915. The number of nitrogens with zero attached hydrogens (tertiary/aromatic N) is 1. The minimum absolute atomic E-state index is 0.264. The molecule has 1 heterocycles. The first-order valence-electron chi connectivity index (χ1n) is 6.44. The monoisotopic (exact) mass is 326 g/mol. The first-order valence-corrected chi connectivity index (χ1v) is 7.19. The zero-order valence-corrected chi connectivity index (χ0v) is 13.3. The number of amides is 1. The van der Waals surface area contributed by atoms with Crippen LogP contribution in [0.1, 0.15) is 15.9 Å². The van der Waals surface area contributed by atoms with Crippen LogP contribution in [0.15, 0.2) is 30.6 Å². The second-order valence-electron chi connectivity index (χ2n) is 4.63. The molecule has 1 aromatic heterocycles. The highest BCUT2D eigenvalue weighted by molar-refractivity contribution is 6.37. The molecule has 1 amide bonds. The predicted octanol–water partition coefficient (Wildman–Crippen LogP) is 3.31. The Hall–Kier alpha value is -1.65. The normalized spacial score (nSPS) is 10.5. The fourth-order valence-electron chi connectivity index (χ4n) is 2.06. The van der Waals surface area contributed by atoms with Gasteiger partial charge in [0.2, 0.25) is 0 Å². The lowest BCUT2D eigenvalue weighted by Crippen LogP contribution is -2.26. The van der Waals surface area contributed by atoms with Crippen molar-refractivity contribution in [3.05, 3.63) is 51.8 Å². The molecule has 0 spiro atoms. The summed E-state index contributed by atoms with van der Waals surface area (Å²) >= 11 is 12.1. The number of nitrogens with one attached hydrogen (secondary N) is 1. The summed E-state index contributed by atoms with van der Waals surface area (Å²) in [6.07, 6.45) is 4.72. The highest BCUT2D eigenvalue weighted by Gasteiger charge is 2.19. The van der Waals surface area contributed by atoms with E-state index in [1.54, 1.807) is 12.1 Å². The fraction of sp³-hybridized carbons (Fsp3) is 0.267. The average molecular weight is 327 g/mol. The fourth-order valence-corrected chi connectivity index (χ4v) is 2.53. The van der Waals surface area contributed by atoms with E-state index < -0.39 is 0 Å². The molecular weight excluding hydrogens is 311 g/mol. The van der Waals surface area contributed by atoms with Crippen LogP contribution in [0.5, 0.6) is 5.75 Å². The number of rotatable bonds is 5. The molecule has 0 aliphatic heterocycles. The summed E-state index contributed by atoms with van der Waals surface area (Å²) in [5.41, 5.74) is 1.42. The van der Waals surface area contributed by atoms with Gasteiger partial charge in [-0.2, -0.15) is 0 Å². The van der Waals surface area contributed by atoms with Crippen molar-refractivity contribution in [2.45, 2.75) is 6.42 Å². The Morgan fingerprint density at radius 1 is 1.29 bits per heavy atom. The Labute approximate surface area is 133 Å². The Bertz CT molecular complexity index is 653. The van der Waals surface area contributed by atoms with Gasteiger partial charge in [0, 0.05) is 26.0 Å². The van der Waals surface area contributed by atoms with Gasteiger partial charge in [-0.1, -0.05) is 23.2 Å². The molecule has 1 N–H and O–H groups in total. The summed E-state index contributed by atoms with van der Waals surface area (Å²) in [5.74, 6) is -0.00309. The van der Waals surface area contributed by atoms with E-state index in [-0.39, 0.29) is 11.5 Å². The molecular formula is C15H16Cl2N2O2. The number of methoxy groups -OCH3 is 1. The number of ether oxygens (including phenoxy) is 1. The van der Waals surface area contributed by atoms with Crippen LogP contribution in [-0.2, 0) is 13.5 Å². The van der Waals surface area contributed by atoms with Crippen LogP contribution in [0.2, 0.25) is 10.0 Å². The van der Waals surface area contributed by atoms with Crippen molar-refractivity contribution >= 4 is 29.1 Å². The molecule has 112 valence electrons. The molecule has 0 radical (unpaired) electrons. The summed E-state index contributed by atoms with van der Waals surface area (Å²) < 4.78 is 7.13. The molecule has 2 aromatic rings. The number of carbonyl (C=O) groups is 1. The molecule has 21 heavy (non-hydrogen) atoms. The topological polar surface area (TPSA) is 43.3 Å². The smallest absolute Gasteiger partial charge is 0.256 e. The lowest BCUT2D eigenvalue weighted by Gasteiger charge is -2.12. The maximum absolute atomic E-state index is 12.3. The van der Waals surface area contributed by atoms with E-state index >= 15 is 0 Å². The van der Waals surface area contributed by atoms with Crippen LogP contribution >= 0.6 is 23.2 Å². The van der Waals surface area contributed by atoms with E-state index in [9.17, 15) is 4.79 Å². The zero-order valence-electron chi connectivity index (χ0n) is 11.8. The minimum Gasteiger partial charge on any atom is -0.494 e. The minimum atomic E-state index is -0.296. The first kappa shape index (κ1) is 15.7. The zero-order chi connectivity index (χ0) is 15.4. The second kappa shape index (κ2) is 6.87. The molecule has 0 saturated heterocycles. The van der Waals surface area contributed by atoms with Crippen LogP contribution in [0, 0.1) is 0 Å². The summed E-state index contributed by atoms with van der Waals surface area (Å²) in [4.78, 5) is 12.3. The molecule has 0 aliphatic rings. The molecule has 0 saturated carbocycles. The Morgan fingerprint density at radius 3 is 2.62 bits per heavy atom. The standard InChI is InChI=1S/C15H16Cl2N2O2/c1-19-8-6-10(9-19)5-7-18-15(20)13-11(16)3-4-12(17)14(13)21-2/h3-4,6,8-9H,5,7H2,1-2H3,(H,18,20). The van der Waals surface area contributed by atoms with Crippen LogP contribution in [0.4, 0.5) is 0 Å². The van der Waals surface area contributed by atoms with E-state index in [0.29, 0.717) is 22.3 Å². The van der Waals surface area contributed by atoms with Crippen molar-refractivity contribution in [1.82, 2.24) is 9.88 Å². The SMILES string of the molecule is COc1c(Cl)ccc(Cl)c1C(=O)NCCc1ccn(C)c1. The Kier molecular flexibility index (Phi) is 5.15. The van der Waals surface area contributed by atoms with E-state index in [1.165, 1.54) is 7.11 Å². The first-order chi connectivity index (χ1) is 10.0. The summed E-state index contributed by atoms with van der Waals surface area (Å²) in [7, 11) is 3.41. The Morgan fingerprint density at radius 2 is 2.00 bits per heavy atom. The van der Waals surface area contributed by atoms with Gasteiger partial charge in [0.25, 0.3) is 5.91 Å². The van der Waals surface area contributed by atoms with E-state index in [1.807, 2.05) is 30.1 Å². The molecule has 0 bridgehead atoms. The second-order valence-corrected chi connectivity index (χ2v) is 5.44. The third-order valence-corrected chi connectivity index (χ3v) is 3.70. The van der Waals surface area contributed by atoms with Crippen molar-refractivity contribution in [3.63, 3.8) is 0 Å². The van der Waals surface area contributed by atoms with Gasteiger partial charge in [-0.3, -0.25) is 4.79 Å². The maximum atomic E-state index is 12.3. The lowest BCUT2D eigenvalue weighted by atomic mass is 10.1. The van der Waals surface area contributed by atoms with Crippen LogP contribution in [-0.4, -0.2) is 24.1 Å². The number of benzene rings is 1. The number of halogens is 2. The molecule has 4 nitrogen and oxygen atoms in total. The number of hydrogen-bond donors (Lipinski definition) is 1. The molecule has 0 atom stereocenters. The number of aromatic nitrogens is 1. The molecule has 0 unspecified atom stereocenters. The van der Waals surface area contributed by atoms with Crippen molar-refractivity contribution in [2.24, 2.45) is 7.05 Å². The highest BCUT2D eigenvalue weighted by atomic mass is 35.5. The molecule has 1 aromatic carbocycles. The largest absolute Gasteiger partial charge is 0.494 e. The number of aryl methyl sites for hydroxylation is 1. The van der Waals surface area contributed by atoms with Crippen molar-refractivity contribution < 1.29 is 9.53 Å². The summed E-state index contributed by atoms with van der Waals surface area (Å²) in [6, 6.07) is 5.20. The molecule has 2 rings (SSSR count). The van der Waals surface area contributed by atoms with Gasteiger partial charge in [0.05, 0.1) is 17.2 Å². The molecule has 0 fully saturated rings. The van der Waals surface area contributed by atoms with Gasteiger partial charge in [0.15, 0.2) is 5.75 Å². The molecule has 0 aliphatic carbocycles. The third-order valence-electron chi connectivity index (χ3n) is 3.08. The molecule has 6 heteroatoms. The van der Waals surface area contributed by atoms with Gasteiger partial charge in [-0.05, 0) is 30.2 Å². The van der Waals surface area contributed by atoms with Gasteiger partial charge in [-0.15, -0.1) is 0 Å². The summed E-state index contributed by atoms with van der Waals surface area (Å²) in [5, 5.41) is 3.50. The van der Waals surface area contributed by atoms with Gasteiger partial charge in [0.1, 0.15) is 5.56 Å². The van der Waals surface area contributed by atoms with Crippen molar-refractivity contribution in [1.29, 1.82) is 0 Å². The van der Waals surface area contributed by atoms with E-state index in [0.717, 1.165) is 12.0 Å². The Balaban J connectivity index is 2.05. The van der Waals surface area contributed by atoms with Crippen LogP contribution < -0.4 is 10.1 Å². The maximum Gasteiger partial charge on any atom is 0.256 e. The predicted molar refractivity (Wildman–Crippen MR) is 84.5 cm³/mol. The average Bonchev–Trinajstić information content (AvgIpc) is 2.86. The third kappa shape index (κ3) is 3.71. The van der Waals surface area contributed by atoms with Crippen molar-refractivity contribution in [3.8, 4) is 5.75 Å². The van der Waals surface area contributed by atoms with Gasteiger partial charge < -0.3 is 14.6 Å². The van der Waals surface area contributed by atoms with Gasteiger partial charge >= 0.3 is 0 Å². The van der Waals surface area contributed by atoms with Crippen LogP contribution in [0.3, 0.4) is 0 Å².